The van der Waals surface area contributed by atoms with Gasteiger partial charge in [-0.05, 0) is 38.5 Å². The summed E-state index contributed by atoms with van der Waals surface area (Å²) in [6.45, 7) is 5.41. The van der Waals surface area contributed by atoms with Crippen LogP contribution < -0.4 is 20.3 Å². The minimum absolute atomic E-state index is 0.0662. The first-order valence-corrected chi connectivity index (χ1v) is 10.7. The topological polar surface area (TPSA) is 109 Å². The van der Waals surface area contributed by atoms with Crippen LogP contribution in [0.3, 0.4) is 0 Å². The van der Waals surface area contributed by atoms with Gasteiger partial charge in [-0.15, -0.1) is 11.3 Å². The van der Waals surface area contributed by atoms with Crippen molar-refractivity contribution in [2.75, 3.05) is 19.5 Å². The number of amides is 1. The molecule has 0 saturated heterocycles. The first kappa shape index (κ1) is 23.3. The van der Waals surface area contributed by atoms with Crippen LogP contribution in [-0.2, 0) is 20.9 Å². The Kier molecular flexibility index (Phi) is 7.14. The van der Waals surface area contributed by atoms with Crippen LogP contribution in [0.1, 0.15) is 23.8 Å². The fourth-order valence-electron chi connectivity index (χ4n) is 3.11. The second kappa shape index (κ2) is 9.82. The second-order valence-electron chi connectivity index (χ2n) is 7.15. The van der Waals surface area contributed by atoms with Crippen molar-refractivity contribution in [1.82, 2.24) is 9.55 Å². The van der Waals surface area contributed by atoms with Crippen molar-refractivity contribution in [1.29, 1.82) is 0 Å². The smallest absolute Gasteiger partial charge is 0.308 e. The second-order valence-corrected chi connectivity index (χ2v) is 8.35. The Morgan fingerprint density at radius 1 is 1.19 bits per heavy atom. The lowest BCUT2D eigenvalue weighted by Gasteiger charge is -2.15. The number of anilines is 1. The summed E-state index contributed by atoms with van der Waals surface area (Å²) in [6.07, 6.45) is 0.346. The van der Waals surface area contributed by atoms with Crippen molar-refractivity contribution in [3.63, 3.8) is 0 Å². The Morgan fingerprint density at radius 2 is 1.91 bits per heavy atom. The van der Waals surface area contributed by atoms with Gasteiger partial charge in [-0.2, -0.15) is 0 Å². The lowest BCUT2D eigenvalue weighted by molar-refractivity contribution is -0.153. The third-order valence-corrected chi connectivity index (χ3v) is 6.16. The molecule has 0 aliphatic carbocycles. The number of nitrogens with zero attached hydrogens (tertiary/aromatic N) is 2. The van der Waals surface area contributed by atoms with Crippen LogP contribution in [0.4, 0.5) is 5.69 Å². The zero-order valence-corrected chi connectivity index (χ0v) is 19.4. The van der Waals surface area contributed by atoms with E-state index in [1.807, 2.05) is 13.8 Å². The van der Waals surface area contributed by atoms with Gasteiger partial charge < -0.3 is 19.5 Å². The van der Waals surface area contributed by atoms with Crippen molar-refractivity contribution in [3.05, 3.63) is 45.3 Å². The molecule has 3 aromatic rings. The first-order chi connectivity index (χ1) is 15.2. The van der Waals surface area contributed by atoms with E-state index in [-0.39, 0.29) is 18.5 Å². The maximum absolute atomic E-state index is 12.7. The lowest BCUT2D eigenvalue weighted by Crippen LogP contribution is -2.30. The van der Waals surface area contributed by atoms with Gasteiger partial charge in [-0.3, -0.25) is 19.0 Å². The predicted molar refractivity (Wildman–Crippen MR) is 122 cm³/mol. The normalized spacial score (nSPS) is 11.8. The molecule has 0 radical (unpaired) electrons. The number of thiophene rings is 1. The van der Waals surface area contributed by atoms with E-state index < -0.39 is 18.0 Å². The van der Waals surface area contributed by atoms with Gasteiger partial charge in [0.15, 0.2) is 17.6 Å². The number of hydrogen-bond donors (Lipinski definition) is 1. The number of aromatic nitrogens is 2. The molecule has 1 unspecified atom stereocenters. The molecule has 0 aliphatic rings. The number of benzene rings is 1. The summed E-state index contributed by atoms with van der Waals surface area (Å²) in [7, 11) is 3.01. The summed E-state index contributed by atoms with van der Waals surface area (Å²) >= 11 is 1.47. The van der Waals surface area contributed by atoms with Crippen molar-refractivity contribution in [3.8, 4) is 11.5 Å². The molecule has 0 spiro atoms. The van der Waals surface area contributed by atoms with Crippen molar-refractivity contribution in [2.24, 2.45) is 0 Å². The molecule has 0 saturated carbocycles. The van der Waals surface area contributed by atoms with E-state index in [1.54, 1.807) is 18.2 Å². The molecule has 170 valence electrons. The summed E-state index contributed by atoms with van der Waals surface area (Å²) in [6, 6.07) is 4.91. The summed E-state index contributed by atoms with van der Waals surface area (Å²) < 4.78 is 17.0. The van der Waals surface area contributed by atoms with E-state index in [1.165, 1.54) is 43.4 Å². The average molecular weight is 460 g/mol. The number of nitrogens with one attached hydrogen (secondary N) is 1. The van der Waals surface area contributed by atoms with E-state index in [4.69, 9.17) is 14.2 Å². The summed E-state index contributed by atoms with van der Waals surface area (Å²) in [5.41, 5.74) is 1.19. The molecule has 0 aliphatic heterocycles. The molecule has 0 fully saturated rings. The van der Waals surface area contributed by atoms with Gasteiger partial charge in [0.05, 0.1) is 32.4 Å². The number of ether oxygens (including phenoxy) is 3. The largest absolute Gasteiger partial charge is 0.493 e. The molecule has 1 amide bonds. The van der Waals surface area contributed by atoms with Gasteiger partial charge in [0, 0.05) is 23.2 Å². The molecular weight excluding hydrogens is 434 g/mol. The number of esters is 1. The van der Waals surface area contributed by atoms with Gasteiger partial charge in [0.2, 0.25) is 0 Å². The molecular formula is C22H25N3O6S. The zero-order valence-electron chi connectivity index (χ0n) is 18.6. The van der Waals surface area contributed by atoms with Crippen LogP contribution in [0.2, 0.25) is 0 Å². The quantitative estimate of drug-likeness (QED) is 0.516. The SMILES string of the molecule is COc1ccc(NC(=O)C(C)OC(=O)CCn2cnc3sc(C)c(C)c3c2=O)cc1OC. The zero-order chi connectivity index (χ0) is 23.4. The van der Waals surface area contributed by atoms with Crippen molar-refractivity contribution >= 4 is 39.1 Å². The Balaban J connectivity index is 1.58. The molecule has 0 bridgehead atoms. The third kappa shape index (κ3) is 4.91. The summed E-state index contributed by atoms with van der Waals surface area (Å²) in [5.74, 6) is -0.0944. The minimum Gasteiger partial charge on any atom is -0.493 e. The Labute approximate surface area is 188 Å². The monoisotopic (exact) mass is 459 g/mol. The average Bonchev–Trinajstić information content (AvgIpc) is 3.07. The highest BCUT2D eigenvalue weighted by Crippen LogP contribution is 2.30. The number of fused-ring (bicyclic) bond motifs is 1. The Hall–Kier alpha value is -3.40. The van der Waals surface area contributed by atoms with Crippen LogP contribution in [0.15, 0.2) is 29.3 Å². The fraction of sp³-hybridized carbons (Fsp3) is 0.364. The highest BCUT2D eigenvalue weighted by Gasteiger charge is 2.19. The number of hydrogen-bond acceptors (Lipinski definition) is 8. The fourth-order valence-corrected chi connectivity index (χ4v) is 4.10. The Morgan fingerprint density at radius 3 is 2.59 bits per heavy atom. The number of rotatable bonds is 8. The van der Waals surface area contributed by atoms with Gasteiger partial charge >= 0.3 is 5.97 Å². The van der Waals surface area contributed by atoms with Gasteiger partial charge in [0.25, 0.3) is 11.5 Å². The number of carbonyl (C=O) groups excluding carboxylic acids is 2. The van der Waals surface area contributed by atoms with Crippen molar-refractivity contribution in [2.45, 2.75) is 39.8 Å². The molecule has 2 aromatic heterocycles. The van der Waals surface area contributed by atoms with Gasteiger partial charge in [0.1, 0.15) is 4.83 Å². The van der Waals surface area contributed by atoms with Crippen LogP contribution in [0.25, 0.3) is 10.2 Å². The van der Waals surface area contributed by atoms with Crippen LogP contribution >= 0.6 is 11.3 Å². The third-order valence-electron chi connectivity index (χ3n) is 5.04. The maximum atomic E-state index is 12.7. The molecule has 1 atom stereocenters. The van der Waals surface area contributed by atoms with E-state index >= 15 is 0 Å². The van der Waals surface area contributed by atoms with E-state index in [0.29, 0.717) is 27.4 Å². The lowest BCUT2D eigenvalue weighted by atomic mass is 10.2. The molecule has 10 heteroatoms. The maximum Gasteiger partial charge on any atom is 0.308 e. The highest BCUT2D eigenvalue weighted by molar-refractivity contribution is 7.18. The molecule has 3 rings (SSSR count). The van der Waals surface area contributed by atoms with E-state index in [9.17, 15) is 14.4 Å². The molecule has 9 nitrogen and oxygen atoms in total. The van der Waals surface area contributed by atoms with Crippen LogP contribution in [-0.4, -0.2) is 41.8 Å². The predicted octanol–water partition coefficient (Wildman–Crippen LogP) is 3.05. The van der Waals surface area contributed by atoms with Gasteiger partial charge in [-0.25, -0.2) is 4.98 Å². The summed E-state index contributed by atoms with van der Waals surface area (Å²) in [5, 5.41) is 3.24. The molecule has 1 aromatic carbocycles. The number of aryl methyl sites for hydroxylation is 3. The standard InChI is InChI=1S/C22H25N3O6S/c1-12-14(3)32-21-19(12)22(28)25(11-23-21)9-8-18(26)31-13(2)20(27)24-15-6-7-16(29-4)17(10-15)30-5/h6-7,10-11,13H,8-9H2,1-5H3,(H,24,27). The van der Waals surface area contributed by atoms with E-state index in [0.717, 1.165) is 10.4 Å². The number of carbonyl (C=O) groups is 2. The van der Waals surface area contributed by atoms with E-state index in [2.05, 4.69) is 10.3 Å². The number of methoxy groups -OCH3 is 2. The minimum atomic E-state index is -1.02. The van der Waals surface area contributed by atoms with Crippen LogP contribution in [0.5, 0.6) is 11.5 Å². The van der Waals surface area contributed by atoms with Crippen LogP contribution in [0, 0.1) is 13.8 Å². The van der Waals surface area contributed by atoms with Gasteiger partial charge in [-0.1, -0.05) is 0 Å². The molecule has 32 heavy (non-hydrogen) atoms. The summed E-state index contributed by atoms with van der Waals surface area (Å²) in [4.78, 5) is 43.4. The Bertz CT molecular complexity index is 1220. The molecule has 1 N–H and O–H groups in total. The molecule has 2 heterocycles. The highest BCUT2D eigenvalue weighted by atomic mass is 32.1. The van der Waals surface area contributed by atoms with Crippen molar-refractivity contribution < 1.29 is 23.8 Å². The first-order valence-electron chi connectivity index (χ1n) is 9.92.